The smallest absolute Gasteiger partial charge is 0.172 e. The lowest BCUT2D eigenvalue weighted by molar-refractivity contribution is 0.689. The van der Waals surface area contributed by atoms with Crippen molar-refractivity contribution in [3.63, 3.8) is 0 Å². The molecule has 1 aromatic heterocycles. The van der Waals surface area contributed by atoms with Crippen LogP contribution in [0.1, 0.15) is 58.7 Å². The molecule has 1 atom stereocenters. The molecule has 5 nitrogen and oxygen atoms in total. The molecule has 2 aliphatic rings. The minimum Gasteiger partial charge on any atom is -0.365 e. The van der Waals surface area contributed by atoms with Gasteiger partial charge in [0.1, 0.15) is 0 Å². The van der Waals surface area contributed by atoms with Gasteiger partial charge in [-0.3, -0.25) is 4.99 Å². The number of nitrogens with zero attached hydrogens (tertiary/aromatic N) is 4. The first-order valence-electron chi connectivity index (χ1n) is 10.9. The van der Waals surface area contributed by atoms with Crippen molar-refractivity contribution < 1.29 is 0 Å². The molecule has 0 amide bonds. The van der Waals surface area contributed by atoms with Gasteiger partial charge in [-0.2, -0.15) is 0 Å². The van der Waals surface area contributed by atoms with Gasteiger partial charge >= 0.3 is 0 Å². The average molecular weight is 394 g/mol. The highest BCUT2D eigenvalue weighted by Gasteiger charge is 2.22. The summed E-state index contributed by atoms with van der Waals surface area (Å²) in [7, 11) is 0. The highest BCUT2D eigenvalue weighted by atomic mass is 15.3. The first kappa shape index (κ1) is 22.6. The lowest BCUT2D eigenvalue weighted by Crippen LogP contribution is -2.34. The normalized spacial score (nSPS) is 17.3. The summed E-state index contributed by atoms with van der Waals surface area (Å²) >= 11 is 0. The summed E-state index contributed by atoms with van der Waals surface area (Å²) in [4.78, 5) is 6.77. The Morgan fingerprint density at radius 2 is 1.83 bits per heavy atom. The van der Waals surface area contributed by atoms with Crippen LogP contribution in [0.2, 0.25) is 0 Å². The predicted octanol–water partition coefficient (Wildman–Crippen LogP) is 5.80. The number of aromatic nitrogens is 2. The van der Waals surface area contributed by atoms with E-state index >= 15 is 0 Å². The van der Waals surface area contributed by atoms with Crippen LogP contribution in [0.5, 0.6) is 0 Å². The molecule has 4 rings (SSSR count). The Morgan fingerprint density at radius 1 is 1.07 bits per heavy atom. The van der Waals surface area contributed by atoms with Crippen molar-refractivity contribution in [2.24, 2.45) is 10.9 Å². The standard InChI is InChI=1S/C20H23N5.2C2H6/c1-15-6-5-9-21-13-17(15)18-12-19-20(24-23-18)22-10-11-25(19)14-16-7-3-2-4-8-16;2*1-2/h2-4,7-9,12-13,15H,5-6,10-11,14H2,1H3,(H,22,24);2*1-2H3. The maximum atomic E-state index is 4.47. The molecule has 0 saturated carbocycles. The number of hydrogen-bond donors (Lipinski definition) is 1. The van der Waals surface area contributed by atoms with Crippen molar-refractivity contribution >= 4 is 23.3 Å². The van der Waals surface area contributed by atoms with Crippen LogP contribution in [0.3, 0.4) is 0 Å². The zero-order valence-electron chi connectivity index (χ0n) is 18.5. The Hall–Kier alpha value is -2.69. The summed E-state index contributed by atoms with van der Waals surface area (Å²) in [6.45, 7) is 13.0. The molecular weight excluding hydrogens is 358 g/mol. The molecule has 156 valence electrons. The van der Waals surface area contributed by atoms with E-state index in [2.05, 4.69) is 68.7 Å². The zero-order chi connectivity index (χ0) is 21.1. The van der Waals surface area contributed by atoms with Crippen molar-refractivity contribution in [2.45, 2.75) is 54.0 Å². The fourth-order valence-electron chi connectivity index (χ4n) is 3.42. The average Bonchev–Trinajstić information content (AvgIpc) is 3.01. The van der Waals surface area contributed by atoms with Crippen molar-refractivity contribution in [3.8, 4) is 0 Å². The van der Waals surface area contributed by atoms with Crippen LogP contribution < -0.4 is 10.2 Å². The highest BCUT2D eigenvalue weighted by Crippen LogP contribution is 2.33. The van der Waals surface area contributed by atoms with Crippen LogP contribution in [0.25, 0.3) is 5.57 Å². The van der Waals surface area contributed by atoms with Gasteiger partial charge in [0.2, 0.25) is 0 Å². The molecule has 5 heteroatoms. The number of fused-ring (bicyclic) bond motifs is 1. The van der Waals surface area contributed by atoms with Gasteiger partial charge in [-0.05, 0) is 30.4 Å². The third-order valence-electron chi connectivity index (χ3n) is 4.88. The molecule has 29 heavy (non-hydrogen) atoms. The Labute approximate surface area is 176 Å². The molecule has 0 aliphatic carbocycles. The number of nitrogens with one attached hydrogen (secondary N) is 1. The van der Waals surface area contributed by atoms with Crippen LogP contribution in [0, 0.1) is 5.92 Å². The van der Waals surface area contributed by atoms with E-state index in [0.29, 0.717) is 5.92 Å². The third-order valence-corrected chi connectivity index (χ3v) is 4.88. The summed E-state index contributed by atoms with van der Waals surface area (Å²) in [5, 5.41) is 12.3. The van der Waals surface area contributed by atoms with Crippen LogP contribution in [0.15, 0.2) is 47.6 Å². The maximum Gasteiger partial charge on any atom is 0.172 e. The van der Waals surface area contributed by atoms with Gasteiger partial charge in [0, 0.05) is 37.6 Å². The predicted molar refractivity (Wildman–Crippen MR) is 126 cm³/mol. The van der Waals surface area contributed by atoms with E-state index in [4.69, 9.17) is 0 Å². The summed E-state index contributed by atoms with van der Waals surface area (Å²) < 4.78 is 0. The van der Waals surface area contributed by atoms with Gasteiger partial charge in [0.25, 0.3) is 0 Å². The Balaban J connectivity index is 0.000000707. The SMILES string of the molecule is CC.CC.CC1CCC=NC=C1c1cc2c(nn1)NCCN2Cc1ccccc1. The van der Waals surface area contributed by atoms with Gasteiger partial charge in [-0.1, -0.05) is 65.0 Å². The molecule has 3 heterocycles. The molecular formula is C24H35N5. The molecule has 1 aromatic carbocycles. The number of anilines is 2. The van der Waals surface area contributed by atoms with Gasteiger partial charge in [-0.25, -0.2) is 0 Å². The summed E-state index contributed by atoms with van der Waals surface area (Å²) in [5.74, 6) is 1.31. The van der Waals surface area contributed by atoms with Crippen LogP contribution in [-0.2, 0) is 6.54 Å². The zero-order valence-corrected chi connectivity index (χ0v) is 18.5. The topological polar surface area (TPSA) is 53.4 Å². The van der Waals surface area contributed by atoms with Gasteiger partial charge in [0.15, 0.2) is 5.82 Å². The van der Waals surface area contributed by atoms with Crippen molar-refractivity contribution in [1.82, 2.24) is 10.2 Å². The van der Waals surface area contributed by atoms with E-state index in [1.165, 1.54) is 11.1 Å². The Kier molecular flexibility index (Phi) is 9.35. The summed E-state index contributed by atoms with van der Waals surface area (Å²) in [5.41, 5.74) is 4.54. The van der Waals surface area contributed by atoms with Crippen LogP contribution in [0.4, 0.5) is 11.5 Å². The number of aliphatic imine (C=N–C) groups is 1. The Morgan fingerprint density at radius 3 is 2.59 bits per heavy atom. The molecule has 0 fully saturated rings. The quantitative estimate of drug-likeness (QED) is 0.716. The maximum absolute atomic E-state index is 4.47. The van der Waals surface area contributed by atoms with E-state index in [0.717, 1.165) is 49.7 Å². The second-order valence-corrected chi connectivity index (χ2v) is 6.69. The van der Waals surface area contributed by atoms with Crippen molar-refractivity contribution in [3.05, 3.63) is 53.9 Å². The van der Waals surface area contributed by atoms with Gasteiger partial charge in [-0.15, -0.1) is 10.2 Å². The third kappa shape index (κ3) is 5.89. The lowest BCUT2D eigenvalue weighted by Gasteiger charge is -2.31. The monoisotopic (exact) mass is 393 g/mol. The number of rotatable bonds is 3. The van der Waals surface area contributed by atoms with Crippen LogP contribution >= 0.6 is 0 Å². The summed E-state index contributed by atoms with van der Waals surface area (Å²) in [6, 6.07) is 12.7. The van der Waals surface area contributed by atoms with Crippen molar-refractivity contribution in [1.29, 1.82) is 0 Å². The van der Waals surface area contributed by atoms with Crippen molar-refractivity contribution in [2.75, 3.05) is 23.3 Å². The number of allylic oxidation sites excluding steroid dienone is 1. The van der Waals surface area contributed by atoms with Gasteiger partial charge in [0.05, 0.1) is 11.4 Å². The molecule has 2 aliphatic heterocycles. The van der Waals surface area contributed by atoms with E-state index in [-0.39, 0.29) is 0 Å². The van der Waals surface area contributed by atoms with E-state index < -0.39 is 0 Å². The number of benzene rings is 1. The Bertz CT molecular complexity index is 798. The van der Waals surface area contributed by atoms with E-state index in [9.17, 15) is 0 Å². The molecule has 1 N–H and O–H groups in total. The van der Waals surface area contributed by atoms with E-state index in [1.807, 2.05) is 40.1 Å². The largest absolute Gasteiger partial charge is 0.365 e. The summed E-state index contributed by atoms with van der Waals surface area (Å²) in [6.07, 6.45) is 6.05. The molecule has 0 radical (unpaired) electrons. The second-order valence-electron chi connectivity index (χ2n) is 6.69. The fraction of sp³-hybridized carbons (Fsp3) is 0.458. The molecule has 0 spiro atoms. The molecule has 0 bridgehead atoms. The van der Waals surface area contributed by atoms with E-state index in [1.54, 1.807) is 0 Å². The minimum absolute atomic E-state index is 0.439. The lowest BCUT2D eigenvalue weighted by atomic mass is 9.94. The minimum atomic E-state index is 0.439. The first-order chi connectivity index (χ1) is 14.3. The first-order valence-corrected chi connectivity index (χ1v) is 10.9. The molecule has 0 saturated heterocycles. The second kappa shape index (κ2) is 12.0. The van der Waals surface area contributed by atoms with Crippen LogP contribution in [-0.4, -0.2) is 29.5 Å². The number of hydrogen-bond acceptors (Lipinski definition) is 5. The van der Waals surface area contributed by atoms with Gasteiger partial charge < -0.3 is 10.2 Å². The molecule has 1 unspecified atom stereocenters. The fourth-order valence-corrected chi connectivity index (χ4v) is 3.42. The molecule has 2 aromatic rings. The highest BCUT2D eigenvalue weighted by molar-refractivity contribution is 5.75.